The molecule has 0 spiro atoms. The average molecular weight is 137 g/mol. The standard InChI is InChI=1S/C10H17/c1-8(2)10-6-4-9(3)5-7-10/h8-9H,4-6H2,1-3H3. The maximum atomic E-state index is 3.48. The SMILES string of the molecule is CC1C[C]=C(C(C)C)CC1. The van der Waals surface area contributed by atoms with Crippen LogP contribution in [0.25, 0.3) is 0 Å². The van der Waals surface area contributed by atoms with E-state index >= 15 is 0 Å². The number of hydrogen-bond acceptors (Lipinski definition) is 0. The van der Waals surface area contributed by atoms with Gasteiger partial charge in [0, 0.05) is 0 Å². The van der Waals surface area contributed by atoms with Gasteiger partial charge in [0.05, 0.1) is 0 Å². The van der Waals surface area contributed by atoms with Gasteiger partial charge in [-0.15, -0.1) is 0 Å². The first-order valence-electron chi connectivity index (χ1n) is 4.29. The normalized spacial score (nSPS) is 26.8. The Balaban J connectivity index is 2.48. The maximum absolute atomic E-state index is 3.48. The molecule has 1 radical (unpaired) electrons. The molecule has 1 aliphatic rings. The summed E-state index contributed by atoms with van der Waals surface area (Å²) in [5.41, 5.74) is 1.55. The summed E-state index contributed by atoms with van der Waals surface area (Å²) in [6.45, 7) is 6.83. The zero-order chi connectivity index (χ0) is 7.56. The van der Waals surface area contributed by atoms with Crippen LogP contribution in [0.4, 0.5) is 0 Å². The Kier molecular flexibility index (Phi) is 2.53. The summed E-state index contributed by atoms with van der Waals surface area (Å²) in [6.07, 6.45) is 7.34. The molecule has 0 aromatic heterocycles. The Labute approximate surface area is 64.3 Å². The van der Waals surface area contributed by atoms with Crippen LogP contribution in [0.1, 0.15) is 40.0 Å². The van der Waals surface area contributed by atoms with Crippen molar-refractivity contribution in [1.82, 2.24) is 0 Å². The van der Waals surface area contributed by atoms with Gasteiger partial charge in [0.15, 0.2) is 0 Å². The molecule has 1 atom stereocenters. The lowest BCUT2D eigenvalue weighted by Crippen LogP contribution is -2.05. The molecule has 1 rings (SSSR count). The largest absolute Gasteiger partial charge is 0.0642 e. The van der Waals surface area contributed by atoms with E-state index in [1.807, 2.05) is 0 Å². The molecule has 0 aromatic carbocycles. The molecule has 0 saturated carbocycles. The summed E-state index contributed by atoms with van der Waals surface area (Å²) in [4.78, 5) is 0. The van der Waals surface area contributed by atoms with E-state index in [2.05, 4.69) is 26.8 Å². The van der Waals surface area contributed by atoms with Crippen LogP contribution >= 0.6 is 0 Å². The Morgan fingerprint density at radius 1 is 1.50 bits per heavy atom. The minimum Gasteiger partial charge on any atom is -0.0642 e. The molecule has 10 heavy (non-hydrogen) atoms. The topological polar surface area (TPSA) is 0 Å². The molecule has 0 saturated heterocycles. The molecule has 0 N–H and O–H groups in total. The summed E-state index contributed by atoms with van der Waals surface area (Å²) in [5, 5.41) is 0. The van der Waals surface area contributed by atoms with Crippen LogP contribution in [0.5, 0.6) is 0 Å². The van der Waals surface area contributed by atoms with Crippen LogP contribution in [0.15, 0.2) is 5.57 Å². The Morgan fingerprint density at radius 2 is 2.20 bits per heavy atom. The highest BCUT2D eigenvalue weighted by molar-refractivity contribution is 5.03. The van der Waals surface area contributed by atoms with Crippen LogP contribution in [-0.4, -0.2) is 0 Å². The summed E-state index contributed by atoms with van der Waals surface area (Å²) in [5.74, 6) is 1.61. The smallest absolute Gasteiger partial charge is 0.0251 e. The van der Waals surface area contributed by atoms with Gasteiger partial charge >= 0.3 is 0 Å². The molecule has 0 bridgehead atoms. The van der Waals surface area contributed by atoms with E-state index in [-0.39, 0.29) is 0 Å². The van der Waals surface area contributed by atoms with Crippen molar-refractivity contribution in [2.75, 3.05) is 0 Å². The van der Waals surface area contributed by atoms with E-state index in [1.165, 1.54) is 19.3 Å². The fourth-order valence-electron chi connectivity index (χ4n) is 1.39. The molecular formula is C10H17. The maximum Gasteiger partial charge on any atom is -0.0251 e. The zero-order valence-electron chi connectivity index (χ0n) is 7.28. The van der Waals surface area contributed by atoms with Crippen LogP contribution in [0.3, 0.4) is 0 Å². The van der Waals surface area contributed by atoms with Crippen molar-refractivity contribution in [3.63, 3.8) is 0 Å². The van der Waals surface area contributed by atoms with Gasteiger partial charge in [0.2, 0.25) is 0 Å². The van der Waals surface area contributed by atoms with Gasteiger partial charge in [0.1, 0.15) is 0 Å². The van der Waals surface area contributed by atoms with Gasteiger partial charge < -0.3 is 0 Å². The first-order chi connectivity index (χ1) is 4.70. The molecule has 0 heteroatoms. The third kappa shape index (κ3) is 1.86. The molecule has 0 aromatic rings. The highest BCUT2D eigenvalue weighted by atomic mass is 14.2. The fraction of sp³-hybridized carbons (Fsp3) is 0.800. The Morgan fingerprint density at radius 3 is 2.60 bits per heavy atom. The van der Waals surface area contributed by atoms with Crippen molar-refractivity contribution in [3.05, 3.63) is 11.6 Å². The van der Waals surface area contributed by atoms with E-state index in [9.17, 15) is 0 Å². The highest BCUT2D eigenvalue weighted by Gasteiger charge is 2.11. The van der Waals surface area contributed by atoms with Crippen molar-refractivity contribution < 1.29 is 0 Å². The predicted molar refractivity (Wildman–Crippen MR) is 44.6 cm³/mol. The summed E-state index contributed by atoms with van der Waals surface area (Å²) in [6, 6.07) is 0. The van der Waals surface area contributed by atoms with E-state index in [1.54, 1.807) is 5.57 Å². The van der Waals surface area contributed by atoms with Gasteiger partial charge in [-0.3, -0.25) is 0 Å². The molecule has 1 unspecified atom stereocenters. The van der Waals surface area contributed by atoms with E-state index in [4.69, 9.17) is 0 Å². The second-order valence-corrected chi connectivity index (χ2v) is 3.70. The van der Waals surface area contributed by atoms with Crippen molar-refractivity contribution in [1.29, 1.82) is 0 Å². The van der Waals surface area contributed by atoms with Crippen molar-refractivity contribution in [3.8, 4) is 0 Å². The third-order valence-electron chi connectivity index (χ3n) is 2.28. The van der Waals surface area contributed by atoms with Gasteiger partial charge in [-0.2, -0.15) is 0 Å². The molecule has 0 amide bonds. The minimum absolute atomic E-state index is 0.729. The quantitative estimate of drug-likeness (QED) is 0.520. The van der Waals surface area contributed by atoms with Gasteiger partial charge in [0.25, 0.3) is 0 Å². The summed E-state index contributed by atoms with van der Waals surface area (Å²) >= 11 is 0. The van der Waals surface area contributed by atoms with Crippen LogP contribution in [-0.2, 0) is 0 Å². The third-order valence-corrected chi connectivity index (χ3v) is 2.28. The van der Waals surface area contributed by atoms with Crippen LogP contribution in [0, 0.1) is 17.9 Å². The second-order valence-electron chi connectivity index (χ2n) is 3.70. The monoisotopic (exact) mass is 137 g/mol. The summed E-state index contributed by atoms with van der Waals surface area (Å²) < 4.78 is 0. The highest BCUT2D eigenvalue weighted by Crippen LogP contribution is 2.26. The number of hydrogen-bond donors (Lipinski definition) is 0. The first kappa shape index (κ1) is 7.84. The first-order valence-corrected chi connectivity index (χ1v) is 4.29. The molecule has 1 aliphatic carbocycles. The van der Waals surface area contributed by atoms with Crippen molar-refractivity contribution in [2.24, 2.45) is 11.8 Å². The second kappa shape index (κ2) is 3.23. The lowest BCUT2D eigenvalue weighted by Gasteiger charge is -2.19. The zero-order valence-corrected chi connectivity index (χ0v) is 7.28. The van der Waals surface area contributed by atoms with Gasteiger partial charge in [-0.1, -0.05) is 26.3 Å². The van der Waals surface area contributed by atoms with Crippen molar-refractivity contribution in [2.45, 2.75) is 40.0 Å². The van der Waals surface area contributed by atoms with E-state index < -0.39 is 0 Å². The van der Waals surface area contributed by atoms with Crippen molar-refractivity contribution >= 4 is 0 Å². The molecular weight excluding hydrogens is 120 g/mol. The van der Waals surface area contributed by atoms with Crippen LogP contribution < -0.4 is 0 Å². The lowest BCUT2D eigenvalue weighted by molar-refractivity contribution is 0.481. The van der Waals surface area contributed by atoms with E-state index in [0.717, 1.165) is 11.8 Å². The van der Waals surface area contributed by atoms with Gasteiger partial charge in [-0.25, -0.2) is 0 Å². The molecule has 0 aliphatic heterocycles. The molecule has 0 nitrogen and oxygen atoms in total. The fourth-order valence-corrected chi connectivity index (χ4v) is 1.39. The molecule has 57 valence electrons. The number of allylic oxidation sites excluding steroid dienone is 2. The average Bonchev–Trinajstić information content (AvgIpc) is 1.88. The van der Waals surface area contributed by atoms with Gasteiger partial charge in [-0.05, 0) is 37.2 Å². The van der Waals surface area contributed by atoms with E-state index in [0.29, 0.717) is 0 Å². The Hall–Kier alpha value is -0.260. The molecule has 0 fully saturated rings. The predicted octanol–water partition coefficient (Wildman–Crippen LogP) is 3.19. The Bertz CT molecular complexity index is 131. The lowest BCUT2D eigenvalue weighted by atomic mass is 9.86. The minimum atomic E-state index is 0.729. The molecule has 0 heterocycles. The van der Waals surface area contributed by atoms with Crippen LogP contribution in [0.2, 0.25) is 0 Å². The number of rotatable bonds is 1. The summed E-state index contributed by atoms with van der Waals surface area (Å²) in [7, 11) is 0.